The standard InChI is InChI=1S/C15H19N3O/c1-11(16)12-4-9-15(17-10-12)18(2)13-5-7-14(19-3)8-6-13/h4-11H,16H2,1-3H3/t11-/m1/s1. The number of nitrogens with zero attached hydrogens (tertiary/aromatic N) is 2. The number of methoxy groups -OCH3 is 1. The van der Waals surface area contributed by atoms with E-state index in [9.17, 15) is 0 Å². The lowest BCUT2D eigenvalue weighted by Crippen LogP contribution is -2.12. The van der Waals surface area contributed by atoms with E-state index in [0.29, 0.717) is 0 Å². The first-order valence-corrected chi connectivity index (χ1v) is 6.21. The van der Waals surface area contributed by atoms with Crippen molar-refractivity contribution in [2.45, 2.75) is 13.0 Å². The Balaban J connectivity index is 2.20. The van der Waals surface area contributed by atoms with E-state index in [2.05, 4.69) is 4.98 Å². The van der Waals surface area contributed by atoms with E-state index < -0.39 is 0 Å². The van der Waals surface area contributed by atoms with E-state index in [1.807, 2.05) is 61.5 Å². The third-order valence-electron chi connectivity index (χ3n) is 3.10. The molecule has 19 heavy (non-hydrogen) atoms. The lowest BCUT2D eigenvalue weighted by molar-refractivity contribution is 0.415. The lowest BCUT2D eigenvalue weighted by atomic mass is 10.1. The highest BCUT2D eigenvalue weighted by molar-refractivity contribution is 5.59. The number of rotatable bonds is 4. The Hall–Kier alpha value is -2.07. The van der Waals surface area contributed by atoms with Crippen molar-refractivity contribution in [2.75, 3.05) is 19.1 Å². The molecule has 0 aliphatic carbocycles. The molecule has 1 heterocycles. The second-order valence-corrected chi connectivity index (χ2v) is 4.50. The molecule has 2 rings (SSSR count). The topological polar surface area (TPSA) is 51.4 Å². The number of benzene rings is 1. The zero-order valence-electron chi connectivity index (χ0n) is 11.5. The van der Waals surface area contributed by atoms with Crippen LogP contribution in [-0.4, -0.2) is 19.1 Å². The SMILES string of the molecule is COc1ccc(N(C)c2ccc([C@@H](C)N)cn2)cc1. The molecule has 0 saturated carbocycles. The highest BCUT2D eigenvalue weighted by Crippen LogP contribution is 2.24. The van der Waals surface area contributed by atoms with Gasteiger partial charge in [0.2, 0.25) is 0 Å². The molecule has 0 unspecified atom stereocenters. The summed E-state index contributed by atoms with van der Waals surface area (Å²) in [6, 6.07) is 11.9. The van der Waals surface area contributed by atoms with Gasteiger partial charge in [-0.15, -0.1) is 0 Å². The summed E-state index contributed by atoms with van der Waals surface area (Å²) in [4.78, 5) is 6.45. The van der Waals surface area contributed by atoms with E-state index in [-0.39, 0.29) is 6.04 Å². The normalized spacial score (nSPS) is 12.0. The van der Waals surface area contributed by atoms with Gasteiger partial charge in [0.15, 0.2) is 0 Å². The minimum Gasteiger partial charge on any atom is -0.497 e. The Morgan fingerprint density at radius 3 is 2.32 bits per heavy atom. The first-order chi connectivity index (χ1) is 9.11. The van der Waals surface area contributed by atoms with Crippen LogP contribution < -0.4 is 15.4 Å². The molecule has 4 heteroatoms. The second-order valence-electron chi connectivity index (χ2n) is 4.50. The van der Waals surface area contributed by atoms with Crippen LogP contribution in [0.3, 0.4) is 0 Å². The molecule has 100 valence electrons. The predicted molar refractivity (Wildman–Crippen MR) is 77.9 cm³/mol. The second kappa shape index (κ2) is 5.71. The molecule has 0 amide bonds. The number of ether oxygens (including phenoxy) is 1. The smallest absolute Gasteiger partial charge is 0.132 e. The molecule has 4 nitrogen and oxygen atoms in total. The van der Waals surface area contributed by atoms with E-state index in [4.69, 9.17) is 10.5 Å². The van der Waals surface area contributed by atoms with Crippen LogP contribution in [0.5, 0.6) is 5.75 Å². The molecule has 1 aromatic carbocycles. The van der Waals surface area contributed by atoms with Crippen LogP contribution in [0, 0.1) is 0 Å². The summed E-state index contributed by atoms with van der Waals surface area (Å²) in [7, 11) is 3.64. The van der Waals surface area contributed by atoms with Crippen LogP contribution in [0.15, 0.2) is 42.6 Å². The molecule has 2 aromatic rings. The minimum absolute atomic E-state index is 0.00726. The monoisotopic (exact) mass is 257 g/mol. The Kier molecular flexibility index (Phi) is 4.02. The first-order valence-electron chi connectivity index (χ1n) is 6.21. The molecule has 1 aromatic heterocycles. The van der Waals surface area contributed by atoms with Crippen molar-refractivity contribution in [2.24, 2.45) is 5.73 Å². The maximum absolute atomic E-state index is 5.82. The fraction of sp³-hybridized carbons (Fsp3) is 0.267. The summed E-state index contributed by atoms with van der Waals surface area (Å²) in [5.74, 6) is 1.73. The van der Waals surface area contributed by atoms with Crippen molar-refractivity contribution < 1.29 is 4.74 Å². The number of aromatic nitrogens is 1. The summed E-state index contributed by atoms with van der Waals surface area (Å²) in [6.07, 6.45) is 1.82. The number of pyridine rings is 1. The zero-order chi connectivity index (χ0) is 13.8. The summed E-state index contributed by atoms with van der Waals surface area (Å²) in [5, 5.41) is 0. The van der Waals surface area contributed by atoms with Gasteiger partial charge in [0.05, 0.1) is 7.11 Å². The molecule has 1 atom stereocenters. The van der Waals surface area contributed by atoms with Gasteiger partial charge in [-0.3, -0.25) is 0 Å². The molecule has 0 fully saturated rings. The van der Waals surface area contributed by atoms with Gasteiger partial charge < -0.3 is 15.4 Å². The average molecular weight is 257 g/mol. The highest BCUT2D eigenvalue weighted by atomic mass is 16.5. The van der Waals surface area contributed by atoms with Crippen molar-refractivity contribution in [3.63, 3.8) is 0 Å². The summed E-state index contributed by atoms with van der Waals surface area (Å²) in [6.45, 7) is 1.95. The fourth-order valence-electron chi connectivity index (χ4n) is 1.80. The van der Waals surface area contributed by atoms with Crippen molar-refractivity contribution in [1.82, 2.24) is 4.98 Å². The molecule has 2 N–H and O–H groups in total. The van der Waals surface area contributed by atoms with Gasteiger partial charge in [-0.25, -0.2) is 4.98 Å². The van der Waals surface area contributed by atoms with Gasteiger partial charge in [-0.05, 0) is 42.8 Å². The Morgan fingerprint density at radius 2 is 1.84 bits per heavy atom. The quantitative estimate of drug-likeness (QED) is 0.915. The minimum atomic E-state index is 0.00726. The molecular formula is C15H19N3O. The van der Waals surface area contributed by atoms with Crippen LogP contribution in [0.2, 0.25) is 0 Å². The zero-order valence-corrected chi connectivity index (χ0v) is 11.5. The van der Waals surface area contributed by atoms with Crippen LogP contribution in [0.4, 0.5) is 11.5 Å². The van der Waals surface area contributed by atoms with Gasteiger partial charge >= 0.3 is 0 Å². The molecule has 0 aliphatic rings. The number of hydrogen-bond acceptors (Lipinski definition) is 4. The van der Waals surface area contributed by atoms with Crippen molar-refractivity contribution in [3.05, 3.63) is 48.2 Å². The molecule has 0 aliphatic heterocycles. The van der Waals surface area contributed by atoms with Crippen molar-refractivity contribution >= 4 is 11.5 Å². The van der Waals surface area contributed by atoms with Gasteiger partial charge in [0.25, 0.3) is 0 Å². The summed E-state index contributed by atoms with van der Waals surface area (Å²) < 4.78 is 5.15. The number of nitrogens with two attached hydrogens (primary N) is 1. The van der Waals surface area contributed by atoms with E-state index in [1.54, 1.807) is 7.11 Å². The van der Waals surface area contributed by atoms with E-state index >= 15 is 0 Å². The Bertz CT molecular complexity index is 520. The van der Waals surface area contributed by atoms with E-state index in [1.165, 1.54) is 0 Å². The summed E-state index contributed by atoms with van der Waals surface area (Å²) >= 11 is 0. The Labute approximate surface area is 113 Å². The first kappa shape index (κ1) is 13.4. The average Bonchev–Trinajstić information content (AvgIpc) is 2.46. The van der Waals surface area contributed by atoms with Gasteiger partial charge in [-0.2, -0.15) is 0 Å². The van der Waals surface area contributed by atoms with Gasteiger partial charge in [-0.1, -0.05) is 6.07 Å². The predicted octanol–water partition coefficient (Wildman–Crippen LogP) is 2.88. The molecule has 0 bridgehead atoms. The maximum atomic E-state index is 5.82. The van der Waals surface area contributed by atoms with Crippen molar-refractivity contribution in [3.8, 4) is 5.75 Å². The number of hydrogen-bond donors (Lipinski definition) is 1. The third kappa shape index (κ3) is 3.03. The lowest BCUT2D eigenvalue weighted by Gasteiger charge is -2.19. The highest BCUT2D eigenvalue weighted by Gasteiger charge is 2.06. The third-order valence-corrected chi connectivity index (χ3v) is 3.10. The van der Waals surface area contributed by atoms with Gasteiger partial charge in [0, 0.05) is 25.0 Å². The van der Waals surface area contributed by atoms with Crippen LogP contribution in [-0.2, 0) is 0 Å². The van der Waals surface area contributed by atoms with Crippen LogP contribution in [0.1, 0.15) is 18.5 Å². The van der Waals surface area contributed by atoms with Gasteiger partial charge in [0.1, 0.15) is 11.6 Å². The molecule has 0 radical (unpaired) electrons. The summed E-state index contributed by atoms with van der Waals surface area (Å²) in [5.41, 5.74) is 7.91. The largest absolute Gasteiger partial charge is 0.497 e. The molecular weight excluding hydrogens is 238 g/mol. The number of anilines is 2. The molecule has 0 spiro atoms. The molecule has 0 saturated heterocycles. The fourth-order valence-corrected chi connectivity index (χ4v) is 1.80. The van der Waals surface area contributed by atoms with Crippen molar-refractivity contribution in [1.29, 1.82) is 0 Å². The maximum Gasteiger partial charge on any atom is 0.132 e. The van der Waals surface area contributed by atoms with Crippen LogP contribution >= 0.6 is 0 Å². The van der Waals surface area contributed by atoms with Crippen LogP contribution in [0.25, 0.3) is 0 Å². The van der Waals surface area contributed by atoms with E-state index in [0.717, 1.165) is 22.8 Å². The Morgan fingerprint density at radius 1 is 1.16 bits per heavy atom.